The SMILES string of the molecule is Cc1ccc2c(c1)sc1cc3ccccc3cc12. The van der Waals surface area contributed by atoms with Gasteiger partial charge in [0.2, 0.25) is 0 Å². The van der Waals surface area contributed by atoms with Crippen molar-refractivity contribution in [3.05, 3.63) is 60.2 Å². The summed E-state index contributed by atoms with van der Waals surface area (Å²) in [4.78, 5) is 0. The average molecular weight is 248 g/mol. The van der Waals surface area contributed by atoms with Crippen LogP contribution in [-0.4, -0.2) is 0 Å². The van der Waals surface area contributed by atoms with Crippen molar-refractivity contribution < 1.29 is 0 Å². The van der Waals surface area contributed by atoms with Gasteiger partial charge in [-0.05, 0) is 41.5 Å². The van der Waals surface area contributed by atoms with E-state index in [0.717, 1.165) is 0 Å². The smallest absolute Gasteiger partial charge is 0.0361 e. The standard InChI is InChI=1S/C17H12S/c1-11-6-7-14-15-9-12-4-2-3-5-13(12)10-17(15)18-16(14)8-11/h2-10H,1H3. The van der Waals surface area contributed by atoms with Gasteiger partial charge in [-0.25, -0.2) is 0 Å². The van der Waals surface area contributed by atoms with Crippen LogP contribution in [0.5, 0.6) is 0 Å². The quantitative estimate of drug-likeness (QED) is 0.384. The van der Waals surface area contributed by atoms with E-state index in [1.54, 1.807) is 0 Å². The van der Waals surface area contributed by atoms with E-state index in [4.69, 9.17) is 0 Å². The van der Waals surface area contributed by atoms with E-state index in [-0.39, 0.29) is 0 Å². The molecule has 4 aromatic rings. The Balaban J connectivity index is 2.23. The zero-order valence-electron chi connectivity index (χ0n) is 10.1. The van der Waals surface area contributed by atoms with Crippen LogP contribution in [0.15, 0.2) is 54.6 Å². The molecule has 0 saturated carbocycles. The van der Waals surface area contributed by atoms with Crippen LogP contribution in [0.1, 0.15) is 5.56 Å². The predicted molar refractivity (Wildman–Crippen MR) is 81.6 cm³/mol. The number of hydrogen-bond acceptors (Lipinski definition) is 1. The van der Waals surface area contributed by atoms with Crippen LogP contribution in [0.3, 0.4) is 0 Å². The van der Waals surface area contributed by atoms with Gasteiger partial charge in [0, 0.05) is 20.2 Å². The van der Waals surface area contributed by atoms with Crippen LogP contribution < -0.4 is 0 Å². The van der Waals surface area contributed by atoms with E-state index in [2.05, 4.69) is 61.5 Å². The molecule has 0 unspecified atom stereocenters. The highest BCUT2D eigenvalue weighted by atomic mass is 32.1. The Morgan fingerprint density at radius 2 is 1.44 bits per heavy atom. The van der Waals surface area contributed by atoms with Crippen LogP contribution in [0.25, 0.3) is 30.9 Å². The van der Waals surface area contributed by atoms with Crippen molar-refractivity contribution in [2.24, 2.45) is 0 Å². The van der Waals surface area contributed by atoms with Gasteiger partial charge < -0.3 is 0 Å². The van der Waals surface area contributed by atoms with Gasteiger partial charge in [-0.1, -0.05) is 36.4 Å². The second-order valence-corrected chi connectivity index (χ2v) is 5.88. The molecule has 4 rings (SSSR count). The molecular weight excluding hydrogens is 236 g/mol. The van der Waals surface area contributed by atoms with Crippen LogP contribution in [0.4, 0.5) is 0 Å². The summed E-state index contributed by atoms with van der Waals surface area (Å²) >= 11 is 1.89. The van der Waals surface area contributed by atoms with Crippen molar-refractivity contribution in [2.75, 3.05) is 0 Å². The van der Waals surface area contributed by atoms with Crippen LogP contribution >= 0.6 is 11.3 Å². The van der Waals surface area contributed by atoms with Crippen molar-refractivity contribution in [3.8, 4) is 0 Å². The average Bonchev–Trinajstić information content (AvgIpc) is 2.72. The van der Waals surface area contributed by atoms with Gasteiger partial charge in [-0.3, -0.25) is 0 Å². The van der Waals surface area contributed by atoms with Crippen LogP contribution in [0, 0.1) is 6.92 Å². The minimum absolute atomic E-state index is 1.32. The number of fused-ring (bicyclic) bond motifs is 4. The number of thiophene rings is 1. The summed E-state index contributed by atoms with van der Waals surface area (Å²) in [7, 11) is 0. The molecule has 0 aliphatic rings. The summed E-state index contributed by atoms with van der Waals surface area (Å²) < 4.78 is 2.77. The fourth-order valence-corrected chi connectivity index (χ4v) is 3.80. The Morgan fingerprint density at radius 1 is 0.722 bits per heavy atom. The first-order valence-electron chi connectivity index (χ1n) is 6.13. The van der Waals surface area contributed by atoms with Crippen LogP contribution in [-0.2, 0) is 0 Å². The van der Waals surface area contributed by atoms with Crippen molar-refractivity contribution in [2.45, 2.75) is 6.92 Å². The Morgan fingerprint density at radius 3 is 2.28 bits per heavy atom. The summed E-state index contributed by atoms with van der Waals surface area (Å²) in [5, 5.41) is 5.42. The Labute approximate surface area is 109 Å². The fourth-order valence-electron chi connectivity index (χ4n) is 2.57. The molecule has 0 bridgehead atoms. The van der Waals surface area contributed by atoms with Gasteiger partial charge in [0.1, 0.15) is 0 Å². The van der Waals surface area contributed by atoms with Gasteiger partial charge in [-0.2, -0.15) is 0 Å². The molecule has 0 amide bonds. The third-order valence-electron chi connectivity index (χ3n) is 3.50. The minimum atomic E-state index is 1.32. The molecule has 1 aromatic heterocycles. The lowest BCUT2D eigenvalue weighted by Crippen LogP contribution is -1.72. The topological polar surface area (TPSA) is 0 Å². The Kier molecular flexibility index (Phi) is 2.00. The molecule has 0 fully saturated rings. The second kappa shape index (κ2) is 3.56. The molecule has 3 aromatic carbocycles. The molecule has 18 heavy (non-hydrogen) atoms. The molecule has 0 atom stereocenters. The Bertz CT molecular complexity index is 884. The van der Waals surface area contributed by atoms with Gasteiger partial charge in [0.15, 0.2) is 0 Å². The van der Waals surface area contributed by atoms with Gasteiger partial charge in [-0.15, -0.1) is 11.3 Å². The number of benzene rings is 3. The molecule has 1 heterocycles. The summed E-state index contributed by atoms with van der Waals surface area (Å²) in [6.45, 7) is 2.15. The van der Waals surface area contributed by atoms with Gasteiger partial charge in [0.05, 0.1) is 0 Å². The van der Waals surface area contributed by atoms with Crippen molar-refractivity contribution in [3.63, 3.8) is 0 Å². The van der Waals surface area contributed by atoms with E-state index in [0.29, 0.717) is 0 Å². The van der Waals surface area contributed by atoms with Gasteiger partial charge in [0.25, 0.3) is 0 Å². The molecule has 0 spiro atoms. The van der Waals surface area contributed by atoms with Gasteiger partial charge >= 0.3 is 0 Å². The lowest BCUT2D eigenvalue weighted by atomic mass is 10.1. The van der Waals surface area contributed by atoms with E-state index in [9.17, 15) is 0 Å². The maximum absolute atomic E-state index is 2.32. The first-order chi connectivity index (χ1) is 8.81. The summed E-state index contributed by atoms with van der Waals surface area (Å²) in [5.74, 6) is 0. The monoisotopic (exact) mass is 248 g/mol. The zero-order valence-corrected chi connectivity index (χ0v) is 10.9. The molecule has 0 aliphatic carbocycles. The molecular formula is C17H12S. The first kappa shape index (κ1) is 10.1. The summed E-state index contributed by atoms with van der Waals surface area (Å²) in [6, 6.07) is 19.9. The van der Waals surface area contributed by atoms with Crippen molar-refractivity contribution in [1.82, 2.24) is 0 Å². The minimum Gasteiger partial charge on any atom is -0.135 e. The third-order valence-corrected chi connectivity index (χ3v) is 4.61. The third kappa shape index (κ3) is 1.37. The summed E-state index contributed by atoms with van der Waals surface area (Å²) in [5.41, 5.74) is 1.33. The summed E-state index contributed by atoms with van der Waals surface area (Å²) in [6.07, 6.45) is 0. The van der Waals surface area contributed by atoms with E-state index in [1.165, 1.54) is 36.5 Å². The van der Waals surface area contributed by atoms with Crippen molar-refractivity contribution >= 4 is 42.3 Å². The normalized spacial score (nSPS) is 11.6. The number of hydrogen-bond donors (Lipinski definition) is 0. The Hall–Kier alpha value is -1.86. The first-order valence-corrected chi connectivity index (χ1v) is 6.94. The molecule has 86 valence electrons. The maximum Gasteiger partial charge on any atom is 0.0361 e. The fraction of sp³-hybridized carbons (Fsp3) is 0.0588. The number of rotatable bonds is 0. The molecule has 0 nitrogen and oxygen atoms in total. The highest BCUT2D eigenvalue weighted by Crippen LogP contribution is 2.36. The highest BCUT2D eigenvalue weighted by Gasteiger charge is 2.06. The predicted octanol–water partition coefficient (Wildman–Crippen LogP) is 5.52. The second-order valence-electron chi connectivity index (χ2n) is 4.80. The highest BCUT2D eigenvalue weighted by molar-refractivity contribution is 7.25. The molecule has 0 N–H and O–H groups in total. The maximum atomic E-state index is 2.32. The van der Waals surface area contributed by atoms with Crippen LogP contribution in [0.2, 0.25) is 0 Å². The lowest BCUT2D eigenvalue weighted by molar-refractivity contribution is 1.52. The zero-order chi connectivity index (χ0) is 12.1. The largest absolute Gasteiger partial charge is 0.135 e. The number of aryl methyl sites for hydroxylation is 1. The molecule has 0 aliphatic heterocycles. The molecule has 1 heteroatoms. The van der Waals surface area contributed by atoms with E-state index < -0.39 is 0 Å². The molecule has 0 radical (unpaired) electrons. The van der Waals surface area contributed by atoms with E-state index in [1.807, 2.05) is 11.3 Å². The van der Waals surface area contributed by atoms with E-state index >= 15 is 0 Å². The molecule has 0 saturated heterocycles. The lowest BCUT2D eigenvalue weighted by Gasteiger charge is -1.98. The van der Waals surface area contributed by atoms with Crippen molar-refractivity contribution in [1.29, 1.82) is 0 Å².